The second-order valence-corrected chi connectivity index (χ2v) is 5.23. The summed E-state index contributed by atoms with van der Waals surface area (Å²) in [5.41, 5.74) is -0.212. The molecule has 3 aliphatic rings. The van der Waals surface area contributed by atoms with Crippen molar-refractivity contribution in [1.29, 1.82) is 0 Å². The Bertz CT molecular complexity index is 201. The Labute approximate surface area is 74.2 Å². The molecule has 3 rings (SSSR count). The molecule has 3 saturated carbocycles. The van der Waals surface area contributed by atoms with E-state index in [2.05, 4.69) is 0 Å². The summed E-state index contributed by atoms with van der Waals surface area (Å²) in [5, 5.41) is 10.4. The Morgan fingerprint density at radius 3 is 2.92 bits per heavy atom. The third kappa shape index (κ3) is 0.834. The van der Waals surface area contributed by atoms with Gasteiger partial charge in [0.05, 0.1) is 5.60 Å². The lowest BCUT2D eigenvalue weighted by molar-refractivity contribution is -0.0900. The lowest BCUT2D eigenvalue weighted by Gasteiger charge is -2.46. The number of aliphatic hydroxyl groups is 1. The molecule has 1 nitrogen and oxygen atoms in total. The molecule has 0 heterocycles. The van der Waals surface area contributed by atoms with Gasteiger partial charge in [-0.25, -0.2) is 0 Å². The highest BCUT2D eigenvalue weighted by Crippen LogP contribution is 2.55. The molecule has 3 fully saturated rings. The maximum absolute atomic E-state index is 10.4. The van der Waals surface area contributed by atoms with Gasteiger partial charge in [0.25, 0.3) is 0 Å². The minimum Gasteiger partial charge on any atom is -0.390 e. The molecule has 4 atom stereocenters. The molecule has 0 saturated heterocycles. The van der Waals surface area contributed by atoms with Gasteiger partial charge >= 0.3 is 0 Å². The second-order valence-electron chi connectivity index (χ2n) is 5.23. The van der Waals surface area contributed by atoms with Crippen molar-refractivity contribution in [2.24, 2.45) is 17.8 Å². The fourth-order valence-electron chi connectivity index (χ4n) is 4.03. The molecule has 12 heavy (non-hydrogen) atoms. The Hall–Kier alpha value is -0.0400. The van der Waals surface area contributed by atoms with Gasteiger partial charge in [-0.15, -0.1) is 0 Å². The van der Waals surface area contributed by atoms with Crippen LogP contribution in [0.3, 0.4) is 0 Å². The summed E-state index contributed by atoms with van der Waals surface area (Å²) in [6.07, 6.45) is 9.01. The van der Waals surface area contributed by atoms with Crippen molar-refractivity contribution in [3.05, 3.63) is 0 Å². The lowest BCUT2D eigenvalue weighted by atomic mass is 9.63. The smallest absolute Gasteiger partial charge is 0.0678 e. The van der Waals surface area contributed by atoms with Gasteiger partial charge in [0.15, 0.2) is 0 Å². The summed E-state index contributed by atoms with van der Waals surface area (Å²) in [6.45, 7) is 0. The van der Waals surface area contributed by atoms with Gasteiger partial charge in [-0.1, -0.05) is 6.42 Å². The van der Waals surface area contributed by atoms with Gasteiger partial charge < -0.3 is 5.11 Å². The van der Waals surface area contributed by atoms with Crippen LogP contribution < -0.4 is 0 Å². The summed E-state index contributed by atoms with van der Waals surface area (Å²) in [5.74, 6) is 2.57. The van der Waals surface area contributed by atoms with Crippen LogP contribution in [0.1, 0.15) is 44.9 Å². The molecule has 3 aliphatic carbocycles. The first-order valence-corrected chi connectivity index (χ1v) is 5.50. The van der Waals surface area contributed by atoms with E-state index < -0.39 is 0 Å². The number of hydrogen-bond acceptors (Lipinski definition) is 1. The molecule has 1 N–H and O–H groups in total. The minimum atomic E-state index is -0.212. The van der Waals surface area contributed by atoms with Crippen LogP contribution >= 0.6 is 0 Å². The summed E-state index contributed by atoms with van der Waals surface area (Å²) >= 11 is 0. The van der Waals surface area contributed by atoms with E-state index in [1.165, 1.54) is 32.1 Å². The summed E-state index contributed by atoms with van der Waals surface area (Å²) in [7, 11) is 0. The highest BCUT2D eigenvalue weighted by molar-refractivity contribution is 5.02. The molecule has 68 valence electrons. The number of fused-ring (bicyclic) bond motifs is 6. The van der Waals surface area contributed by atoms with Crippen molar-refractivity contribution in [2.75, 3.05) is 0 Å². The second kappa shape index (κ2) is 2.25. The monoisotopic (exact) mass is 166 g/mol. The Kier molecular flexibility index (Phi) is 1.39. The fraction of sp³-hybridized carbons (Fsp3) is 1.00. The highest BCUT2D eigenvalue weighted by Gasteiger charge is 2.51. The van der Waals surface area contributed by atoms with Crippen molar-refractivity contribution >= 4 is 0 Å². The van der Waals surface area contributed by atoms with E-state index in [4.69, 9.17) is 0 Å². The molecule has 0 aromatic rings. The summed E-state index contributed by atoms with van der Waals surface area (Å²) < 4.78 is 0. The van der Waals surface area contributed by atoms with Gasteiger partial charge in [0.2, 0.25) is 0 Å². The van der Waals surface area contributed by atoms with Crippen LogP contribution in [0.2, 0.25) is 0 Å². The van der Waals surface area contributed by atoms with Crippen LogP contribution in [0.5, 0.6) is 0 Å². The standard InChI is InChI=1S/C11H18O/c12-11-5-1-2-9(7-11)8-3-4-10(11)6-8/h8-10,12H,1-7H2. The zero-order chi connectivity index (χ0) is 8.18. The average molecular weight is 166 g/mol. The Balaban J connectivity index is 1.94. The predicted molar refractivity (Wildman–Crippen MR) is 47.7 cm³/mol. The van der Waals surface area contributed by atoms with Crippen molar-refractivity contribution in [1.82, 2.24) is 0 Å². The number of rotatable bonds is 0. The summed E-state index contributed by atoms with van der Waals surface area (Å²) in [4.78, 5) is 0. The van der Waals surface area contributed by atoms with E-state index in [9.17, 15) is 5.11 Å². The first-order chi connectivity index (χ1) is 5.78. The van der Waals surface area contributed by atoms with Crippen LogP contribution in [0.25, 0.3) is 0 Å². The van der Waals surface area contributed by atoms with Gasteiger partial charge in [0.1, 0.15) is 0 Å². The molecule has 0 aliphatic heterocycles. The molecular weight excluding hydrogens is 148 g/mol. The molecule has 0 aromatic heterocycles. The van der Waals surface area contributed by atoms with Gasteiger partial charge in [-0.3, -0.25) is 0 Å². The highest BCUT2D eigenvalue weighted by atomic mass is 16.3. The topological polar surface area (TPSA) is 20.2 Å². The normalized spacial score (nSPS) is 57.2. The maximum Gasteiger partial charge on any atom is 0.0678 e. The Morgan fingerprint density at radius 2 is 2.00 bits per heavy atom. The van der Waals surface area contributed by atoms with Gasteiger partial charge in [-0.05, 0) is 56.3 Å². The van der Waals surface area contributed by atoms with Crippen LogP contribution in [0.15, 0.2) is 0 Å². The molecule has 0 spiro atoms. The molecule has 0 radical (unpaired) electrons. The molecule has 0 aromatic carbocycles. The van der Waals surface area contributed by atoms with E-state index in [1.54, 1.807) is 0 Å². The first-order valence-electron chi connectivity index (χ1n) is 5.50. The lowest BCUT2D eigenvalue weighted by Crippen LogP contribution is -2.45. The Morgan fingerprint density at radius 1 is 1.08 bits per heavy atom. The molecule has 1 heteroatoms. The van der Waals surface area contributed by atoms with Gasteiger partial charge in [-0.2, -0.15) is 0 Å². The zero-order valence-corrected chi connectivity index (χ0v) is 7.63. The molecular formula is C11H18O. The van der Waals surface area contributed by atoms with E-state index in [0.717, 1.165) is 24.7 Å². The van der Waals surface area contributed by atoms with Crippen LogP contribution in [-0.2, 0) is 0 Å². The van der Waals surface area contributed by atoms with Crippen LogP contribution in [-0.4, -0.2) is 10.7 Å². The van der Waals surface area contributed by atoms with Crippen molar-refractivity contribution < 1.29 is 5.11 Å². The molecule has 0 amide bonds. The third-order valence-corrected chi connectivity index (χ3v) is 4.70. The fourth-order valence-corrected chi connectivity index (χ4v) is 4.03. The van der Waals surface area contributed by atoms with Crippen molar-refractivity contribution in [3.8, 4) is 0 Å². The van der Waals surface area contributed by atoms with Crippen molar-refractivity contribution in [3.63, 3.8) is 0 Å². The van der Waals surface area contributed by atoms with Crippen LogP contribution in [0, 0.1) is 17.8 Å². The molecule has 4 bridgehead atoms. The average Bonchev–Trinajstić information content (AvgIpc) is 2.49. The van der Waals surface area contributed by atoms with E-state index in [1.807, 2.05) is 0 Å². The quantitative estimate of drug-likeness (QED) is 0.585. The largest absolute Gasteiger partial charge is 0.390 e. The maximum atomic E-state index is 10.4. The van der Waals surface area contributed by atoms with E-state index in [0.29, 0.717) is 5.92 Å². The van der Waals surface area contributed by atoms with Crippen LogP contribution in [0.4, 0.5) is 0 Å². The number of hydrogen-bond donors (Lipinski definition) is 1. The minimum absolute atomic E-state index is 0.212. The predicted octanol–water partition coefficient (Wildman–Crippen LogP) is 2.34. The molecule has 4 unspecified atom stereocenters. The van der Waals surface area contributed by atoms with E-state index >= 15 is 0 Å². The first kappa shape index (κ1) is 7.37. The van der Waals surface area contributed by atoms with Crippen molar-refractivity contribution in [2.45, 2.75) is 50.5 Å². The van der Waals surface area contributed by atoms with Gasteiger partial charge in [0, 0.05) is 0 Å². The zero-order valence-electron chi connectivity index (χ0n) is 7.63. The summed E-state index contributed by atoms with van der Waals surface area (Å²) in [6, 6.07) is 0. The third-order valence-electron chi connectivity index (χ3n) is 4.70. The SMILES string of the molecule is OC12CCCC(C1)C1CCC2C1. The van der Waals surface area contributed by atoms with E-state index in [-0.39, 0.29) is 5.60 Å².